The maximum Gasteiger partial charge on any atom is 0.132 e. The molecule has 4 heteroatoms. The van der Waals surface area contributed by atoms with Gasteiger partial charge in [0.1, 0.15) is 11.6 Å². The zero-order valence-electron chi connectivity index (χ0n) is 10.6. The molecule has 1 aromatic heterocycles. The SMILES string of the molecule is Cc1nccc(N(CCN)C2CCCCC2)n1. The molecule has 0 aromatic carbocycles. The Morgan fingerprint density at radius 1 is 1.35 bits per heavy atom. The minimum Gasteiger partial charge on any atom is -0.352 e. The fraction of sp³-hybridized carbons (Fsp3) is 0.692. The van der Waals surface area contributed by atoms with Gasteiger partial charge in [0.2, 0.25) is 0 Å². The van der Waals surface area contributed by atoms with Crippen LogP contribution < -0.4 is 10.6 Å². The van der Waals surface area contributed by atoms with Crippen LogP contribution in [0.4, 0.5) is 5.82 Å². The van der Waals surface area contributed by atoms with Crippen LogP contribution in [0.15, 0.2) is 12.3 Å². The summed E-state index contributed by atoms with van der Waals surface area (Å²) in [5.74, 6) is 1.87. The maximum atomic E-state index is 5.73. The molecule has 0 saturated heterocycles. The van der Waals surface area contributed by atoms with Gasteiger partial charge in [-0.25, -0.2) is 9.97 Å². The van der Waals surface area contributed by atoms with Crippen molar-refractivity contribution in [3.8, 4) is 0 Å². The first-order chi connectivity index (χ1) is 8.31. The number of hydrogen-bond acceptors (Lipinski definition) is 4. The van der Waals surface area contributed by atoms with Crippen molar-refractivity contribution in [1.82, 2.24) is 9.97 Å². The van der Waals surface area contributed by atoms with E-state index in [0.29, 0.717) is 12.6 Å². The van der Waals surface area contributed by atoms with Crippen molar-refractivity contribution in [3.63, 3.8) is 0 Å². The fourth-order valence-electron chi connectivity index (χ4n) is 2.62. The van der Waals surface area contributed by atoms with Gasteiger partial charge < -0.3 is 10.6 Å². The van der Waals surface area contributed by atoms with Crippen molar-refractivity contribution in [1.29, 1.82) is 0 Å². The Morgan fingerprint density at radius 3 is 2.76 bits per heavy atom. The largest absolute Gasteiger partial charge is 0.352 e. The number of aromatic nitrogens is 2. The Morgan fingerprint density at radius 2 is 2.12 bits per heavy atom. The molecule has 0 amide bonds. The highest BCUT2D eigenvalue weighted by Crippen LogP contribution is 2.25. The second-order valence-corrected chi connectivity index (χ2v) is 4.74. The highest BCUT2D eigenvalue weighted by molar-refractivity contribution is 5.39. The first-order valence-electron chi connectivity index (χ1n) is 6.57. The second-order valence-electron chi connectivity index (χ2n) is 4.74. The van der Waals surface area contributed by atoms with Gasteiger partial charge in [0, 0.05) is 25.3 Å². The van der Waals surface area contributed by atoms with E-state index in [0.717, 1.165) is 18.2 Å². The first-order valence-corrected chi connectivity index (χ1v) is 6.57. The minimum absolute atomic E-state index is 0.613. The summed E-state index contributed by atoms with van der Waals surface area (Å²) in [5, 5.41) is 0. The Hall–Kier alpha value is -1.16. The van der Waals surface area contributed by atoms with Crippen molar-refractivity contribution in [2.24, 2.45) is 5.73 Å². The second kappa shape index (κ2) is 5.96. The van der Waals surface area contributed by atoms with Crippen LogP contribution in [0, 0.1) is 6.92 Å². The molecule has 1 heterocycles. The monoisotopic (exact) mass is 234 g/mol. The Kier molecular flexibility index (Phi) is 4.31. The summed E-state index contributed by atoms with van der Waals surface area (Å²) >= 11 is 0. The Balaban J connectivity index is 2.15. The van der Waals surface area contributed by atoms with E-state index in [1.54, 1.807) is 0 Å². The summed E-state index contributed by atoms with van der Waals surface area (Å²) in [7, 11) is 0. The van der Waals surface area contributed by atoms with E-state index in [1.807, 2.05) is 19.2 Å². The van der Waals surface area contributed by atoms with Crippen LogP contribution >= 0.6 is 0 Å². The number of nitrogens with zero attached hydrogens (tertiary/aromatic N) is 3. The topological polar surface area (TPSA) is 55.0 Å². The third-order valence-corrected chi connectivity index (χ3v) is 3.44. The number of hydrogen-bond donors (Lipinski definition) is 1. The molecule has 4 nitrogen and oxygen atoms in total. The number of rotatable bonds is 4. The van der Waals surface area contributed by atoms with Gasteiger partial charge >= 0.3 is 0 Å². The minimum atomic E-state index is 0.613. The van der Waals surface area contributed by atoms with E-state index in [-0.39, 0.29) is 0 Å². The van der Waals surface area contributed by atoms with Crippen molar-refractivity contribution >= 4 is 5.82 Å². The van der Waals surface area contributed by atoms with Crippen molar-refractivity contribution < 1.29 is 0 Å². The molecule has 0 atom stereocenters. The predicted molar refractivity (Wildman–Crippen MR) is 70.0 cm³/mol. The van der Waals surface area contributed by atoms with Gasteiger partial charge in [0.05, 0.1) is 0 Å². The molecular formula is C13H22N4. The maximum absolute atomic E-state index is 5.73. The van der Waals surface area contributed by atoms with Gasteiger partial charge in [-0.2, -0.15) is 0 Å². The van der Waals surface area contributed by atoms with E-state index in [4.69, 9.17) is 5.73 Å². The van der Waals surface area contributed by atoms with Gasteiger partial charge in [-0.1, -0.05) is 19.3 Å². The van der Waals surface area contributed by atoms with E-state index in [9.17, 15) is 0 Å². The molecule has 1 aliphatic rings. The summed E-state index contributed by atoms with van der Waals surface area (Å²) in [6, 6.07) is 2.61. The van der Waals surface area contributed by atoms with Gasteiger partial charge in [-0.05, 0) is 25.8 Å². The van der Waals surface area contributed by atoms with Gasteiger partial charge in [-0.15, -0.1) is 0 Å². The van der Waals surface area contributed by atoms with Crippen LogP contribution in [0.25, 0.3) is 0 Å². The zero-order valence-corrected chi connectivity index (χ0v) is 10.6. The van der Waals surface area contributed by atoms with Crippen molar-refractivity contribution in [2.75, 3.05) is 18.0 Å². The van der Waals surface area contributed by atoms with Gasteiger partial charge in [-0.3, -0.25) is 0 Å². The molecule has 2 rings (SSSR count). The lowest BCUT2D eigenvalue weighted by molar-refractivity contribution is 0.414. The van der Waals surface area contributed by atoms with E-state index < -0.39 is 0 Å². The van der Waals surface area contributed by atoms with Crippen LogP contribution in [0.2, 0.25) is 0 Å². The zero-order chi connectivity index (χ0) is 12.1. The van der Waals surface area contributed by atoms with Gasteiger partial charge in [0.25, 0.3) is 0 Å². The van der Waals surface area contributed by atoms with E-state index >= 15 is 0 Å². The average molecular weight is 234 g/mol. The van der Waals surface area contributed by atoms with Crippen LogP contribution in [-0.2, 0) is 0 Å². The fourth-order valence-corrected chi connectivity index (χ4v) is 2.62. The smallest absolute Gasteiger partial charge is 0.132 e. The third kappa shape index (κ3) is 3.16. The molecule has 1 fully saturated rings. The average Bonchev–Trinajstić information content (AvgIpc) is 2.37. The molecule has 0 radical (unpaired) electrons. The van der Waals surface area contributed by atoms with Crippen molar-refractivity contribution in [2.45, 2.75) is 45.1 Å². The molecule has 17 heavy (non-hydrogen) atoms. The lowest BCUT2D eigenvalue weighted by atomic mass is 9.94. The third-order valence-electron chi connectivity index (χ3n) is 3.44. The summed E-state index contributed by atoms with van der Waals surface area (Å²) in [6.07, 6.45) is 8.40. The molecule has 2 N–H and O–H groups in total. The summed E-state index contributed by atoms with van der Waals surface area (Å²) in [5.41, 5.74) is 5.73. The summed E-state index contributed by atoms with van der Waals surface area (Å²) < 4.78 is 0. The normalized spacial score (nSPS) is 17.1. The molecular weight excluding hydrogens is 212 g/mol. The predicted octanol–water partition coefficient (Wildman–Crippen LogP) is 1.88. The molecule has 0 unspecified atom stereocenters. The molecule has 1 saturated carbocycles. The highest BCUT2D eigenvalue weighted by atomic mass is 15.2. The van der Waals surface area contributed by atoms with E-state index in [2.05, 4.69) is 14.9 Å². The standard InChI is InChI=1S/C13H22N4/c1-11-15-9-7-13(16-11)17(10-8-14)12-5-3-2-4-6-12/h7,9,12H,2-6,8,10,14H2,1H3. The van der Waals surface area contributed by atoms with Crippen LogP contribution in [-0.4, -0.2) is 29.1 Å². The van der Waals surface area contributed by atoms with Crippen LogP contribution in [0.5, 0.6) is 0 Å². The quantitative estimate of drug-likeness (QED) is 0.864. The lowest BCUT2D eigenvalue weighted by Gasteiger charge is -2.35. The first kappa shape index (κ1) is 12.3. The number of nitrogens with two attached hydrogens (primary N) is 1. The highest BCUT2D eigenvalue weighted by Gasteiger charge is 2.21. The van der Waals surface area contributed by atoms with Crippen LogP contribution in [0.3, 0.4) is 0 Å². The van der Waals surface area contributed by atoms with E-state index in [1.165, 1.54) is 32.1 Å². The van der Waals surface area contributed by atoms with Crippen molar-refractivity contribution in [3.05, 3.63) is 18.1 Å². The summed E-state index contributed by atoms with van der Waals surface area (Å²) in [4.78, 5) is 11.1. The lowest BCUT2D eigenvalue weighted by Crippen LogP contribution is -2.40. The molecule has 0 aliphatic heterocycles. The molecule has 1 aliphatic carbocycles. The Labute approximate surface area is 103 Å². The summed E-state index contributed by atoms with van der Waals surface area (Å²) in [6.45, 7) is 3.51. The number of anilines is 1. The molecule has 0 bridgehead atoms. The Bertz CT molecular complexity index is 347. The van der Waals surface area contributed by atoms with Crippen LogP contribution in [0.1, 0.15) is 37.9 Å². The molecule has 94 valence electrons. The molecule has 0 spiro atoms. The number of aryl methyl sites for hydroxylation is 1. The van der Waals surface area contributed by atoms with Gasteiger partial charge in [0.15, 0.2) is 0 Å². The molecule has 1 aromatic rings.